The van der Waals surface area contributed by atoms with Crippen LogP contribution in [0, 0.1) is 17.3 Å². The van der Waals surface area contributed by atoms with E-state index < -0.39 is 5.41 Å². The van der Waals surface area contributed by atoms with Crippen molar-refractivity contribution in [2.45, 2.75) is 46.6 Å². The predicted octanol–water partition coefficient (Wildman–Crippen LogP) is 4.26. The summed E-state index contributed by atoms with van der Waals surface area (Å²) in [5, 5.41) is 4.16. The lowest BCUT2D eigenvalue weighted by molar-refractivity contribution is -0.161. The Morgan fingerprint density at radius 1 is 1.22 bits per heavy atom. The minimum Gasteiger partial charge on any atom is -0.460 e. The lowest BCUT2D eigenvalue weighted by Crippen LogP contribution is -2.49. The van der Waals surface area contributed by atoms with Crippen LogP contribution in [-0.4, -0.2) is 25.2 Å². The van der Waals surface area contributed by atoms with Crippen LogP contribution in [0.4, 0.5) is 0 Å². The Balaban J connectivity index is 2.30. The van der Waals surface area contributed by atoms with Gasteiger partial charge in [-0.25, -0.2) is 0 Å². The second-order valence-corrected chi connectivity index (χ2v) is 8.27. The molecule has 128 valence electrons. The molecule has 2 rings (SSSR count). The SMILES string of the molecule is CC(C)C1CNCC(OC(=O)C(C)(C)C)C1c1ccc(Cl)cc1. The van der Waals surface area contributed by atoms with Crippen molar-refractivity contribution in [3.8, 4) is 0 Å². The lowest BCUT2D eigenvalue weighted by Gasteiger charge is -2.41. The van der Waals surface area contributed by atoms with E-state index in [2.05, 4.69) is 31.3 Å². The quantitative estimate of drug-likeness (QED) is 0.838. The van der Waals surface area contributed by atoms with Crippen LogP contribution in [0.2, 0.25) is 5.02 Å². The van der Waals surface area contributed by atoms with E-state index in [4.69, 9.17) is 16.3 Å². The molecule has 0 aliphatic carbocycles. The highest BCUT2D eigenvalue weighted by atomic mass is 35.5. The summed E-state index contributed by atoms with van der Waals surface area (Å²) in [6.07, 6.45) is -0.149. The van der Waals surface area contributed by atoms with Gasteiger partial charge in [-0.1, -0.05) is 37.6 Å². The van der Waals surface area contributed by atoms with Crippen molar-refractivity contribution in [2.75, 3.05) is 13.1 Å². The Labute approximate surface area is 144 Å². The zero-order valence-corrected chi connectivity index (χ0v) is 15.5. The summed E-state index contributed by atoms with van der Waals surface area (Å²) in [6, 6.07) is 7.95. The normalized spacial score (nSPS) is 25.4. The minimum absolute atomic E-state index is 0.146. The summed E-state index contributed by atoms with van der Waals surface area (Å²) >= 11 is 6.03. The second kappa shape index (κ2) is 7.23. The third-order valence-corrected chi connectivity index (χ3v) is 4.82. The summed E-state index contributed by atoms with van der Waals surface area (Å²) in [5.74, 6) is 0.967. The summed E-state index contributed by atoms with van der Waals surface area (Å²) in [5.41, 5.74) is 0.705. The largest absolute Gasteiger partial charge is 0.460 e. The molecule has 1 aliphatic rings. The van der Waals surface area contributed by atoms with Gasteiger partial charge < -0.3 is 10.1 Å². The highest BCUT2D eigenvalue weighted by molar-refractivity contribution is 6.30. The van der Waals surface area contributed by atoms with Crippen LogP contribution in [0.1, 0.15) is 46.1 Å². The average molecular weight is 338 g/mol. The van der Waals surface area contributed by atoms with Gasteiger partial charge in [0.2, 0.25) is 0 Å². The summed E-state index contributed by atoms with van der Waals surface area (Å²) in [6.45, 7) is 11.8. The Bertz CT molecular complexity index is 533. The third kappa shape index (κ3) is 4.48. The van der Waals surface area contributed by atoms with Crippen LogP contribution in [-0.2, 0) is 9.53 Å². The van der Waals surface area contributed by atoms with Gasteiger partial charge >= 0.3 is 5.97 Å². The van der Waals surface area contributed by atoms with Crippen LogP contribution in [0.3, 0.4) is 0 Å². The summed E-state index contributed by atoms with van der Waals surface area (Å²) in [4.78, 5) is 12.4. The average Bonchev–Trinajstić information content (AvgIpc) is 2.47. The van der Waals surface area contributed by atoms with Gasteiger partial charge in [-0.05, 0) is 56.8 Å². The van der Waals surface area contributed by atoms with E-state index in [-0.39, 0.29) is 18.0 Å². The van der Waals surface area contributed by atoms with Gasteiger partial charge in [0.1, 0.15) is 6.10 Å². The number of hydrogen-bond acceptors (Lipinski definition) is 3. The molecule has 0 amide bonds. The number of esters is 1. The van der Waals surface area contributed by atoms with Gasteiger partial charge in [0.05, 0.1) is 5.41 Å². The van der Waals surface area contributed by atoms with Gasteiger partial charge in [-0.15, -0.1) is 0 Å². The van der Waals surface area contributed by atoms with E-state index in [1.165, 1.54) is 5.56 Å². The first-order valence-electron chi connectivity index (χ1n) is 8.37. The van der Waals surface area contributed by atoms with Crippen LogP contribution < -0.4 is 5.32 Å². The number of carbonyl (C=O) groups excluding carboxylic acids is 1. The fraction of sp³-hybridized carbons (Fsp3) is 0.632. The van der Waals surface area contributed by atoms with E-state index in [0.717, 1.165) is 11.6 Å². The molecule has 1 aromatic carbocycles. The van der Waals surface area contributed by atoms with E-state index >= 15 is 0 Å². The first-order valence-corrected chi connectivity index (χ1v) is 8.75. The molecule has 1 saturated heterocycles. The molecule has 3 atom stereocenters. The Hall–Kier alpha value is -1.06. The molecule has 1 heterocycles. The van der Waals surface area contributed by atoms with Crippen LogP contribution in [0.15, 0.2) is 24.3 Å². The molecule has 0 radical (unpaired) electrons. The minimum atomic E-state index is -0.491. The number of halogens is 1. The van der Waals surface area contributed by atoms with Crippen LogP contribution in [0.25, 0.3) is 0 Å². The summed E-state index contributed by atoms with van der Waals surface area (Å²) in [7, 11) is 0. The van der Waals surface area contributed by atoms with Crippen LogP contribution in [0.5, 0.6) is 0 Å². The molecule has 1 N–H and O–H groups in total. The molecule has 1 fully saturated rings. The number of benzene rings is 1. The molecule has 0 aromatic heterocycles. The molecular weight excluding hydrogens is 310 g/mol. The standard InChI is InChI=1S/C19H28ClNO2/c1-12(2)15-10-21-11-16(23-18(22)19(3,4)5)17(15)13-6-8-14(20)9-7-13/h6-9,12,15-17,21H,10-11H2,1-5H3. The predicted molar refractivity (Wildman–Crippen MR) is 94.7 cm³/mol. The number of carbonyl (C=O) groups is 1. The van der Waals surface area contributed by atoms with Crippen molar-refractivity contribution in [1.82, 2.24) is 5.32 Å². The topological polar surface area (TPSA) is 38.3 Å². The number of ether oxygens (including phenoxy) is 1. The van der Waals surface area contributed by atoms with Crippen molar-refractivity contribution in [2.24, 2.45) is 17.3 Å². The maximum atomic E-state index is 12.4. The Morgan fingerprint density at radius 3 is 2.35 bits per heavy atom. The van der Waals surface area contributed by atoms with Crippen molar-refractivity contribution in [1.29, 1.82) is 0 Å². The van der Waals surface area contributed by atoms with Gasteiger partial charge in [0.15, 0.2) is 0 Å². The zero-order valence-electron chi connectivity index (χ0n) is 14.7. The van der Waals surface area contributed by atoms with E-state index in [9.17, 15) is 4.79 Å². The molecule has 0 spiro atoms. The van der Waals surface area contributed by atoms with Gasteiger partial charge in [0.25, 0.3) is 0 Å². The molecule has 3 nitrogen and oxygen atoms in total. The maximum Gasteiger partial charge on any atom is 0.311 e. The molecule has 4 heteroatoms. The summed E-state index contributed by atoms with van der Waals surface area (Å²) < 4.78 is 5.90. The zero-order chi connectivity index (χ0) is 17.2. The Morgan fingerprint density at radius 2 is 1.83 bits per heavy atom. The fourth-order valence-corrected chi connectivity index (χ4v) is 3.27. The monoisotopic (exact) mass is 337 g/mol. The first kappa shape index (κ1) is 18.3. The number of piperidine rings is 1. The number of hydrogen-bond donors (Lipinski definition) is 1. The molecule has 1 aromatic rings. The third-order valence-electron chi connectivity index (χ3n) is 4.57. The van der Waals surface area contributed by atoms with E-state index in [1.54, 1.807) is 0 Å². The highest BCUT2D eigenvalue weighted by Crippen LogP contribution is 2.37. The van der Waals surface area contributed by atoms with Crippen molar-refractivity contribution in [3.63, 3.8) is 0 Å². The molecule has 23 heavy (non-hydrogen) atoms. The van der Waals surface area contributed by atoms with Crippen LogP contribution >= 0.6 is 11.6 Å². The lowest BCUT2D eigenvalue weighted by atomic mass is 9.74. The van der Waals surface area contributed by atoms with Gasteiger partial charge in [-0.2, -0.15) is 0 Å². The fourth-order valence-electron chi connectivity index (χ4n) is 3.15. The van der Waals surface area contributed by atoms with Gasteiger partial charge in [-0.3, -0.25) is 4.79 Å². The maximum absolute atomic E-state index is 12.4. The molecule has 3 unspecified atom stereocenters. The van der Waals surface area contributed by atoms with Crippen molar-refractivity contribution in [3.05, 3.63) is 34.9 Å². The number of rotatable bonds is 3. The Kier molecular flexibility index (Phi) is 5.74. The first-order chi connectivity index (χ1) is 10.7. The van der Waals surface area contributed by atoms with Crippen molar-refractivity contribution < 1.29 is 9.53 Å². The smallest absolute Gasteiger partial charge is 0.311 e. The van der Waals surface area contributed by atoms with E-state index in [1.807, 2.05) is 32.9 Å². The molecule has 1 aliphatic heterocycles. The molecular formula is C19H28ClNO2. The van der Waals surface area contributed by atoms with Crippen molar-refractivity contribution >= 4 is 17.6 Å². The second-order valence-electron chi connectivity index (χ2n) is 7.84. The molecule has 0 bridgehead atoms. The van der Waals surface area contributed by atoms with E-state index in [0.29, 0.717) is 18.4 Å². The van der Waals surface area contributed by atoms with Gasteiger partial charge in [0, 0.05) is 17.5 Å². The number of nitrogens with one attached hydrogen (secondary N) is 1. The highest BCUT2D eigenvalue weighted by Gasteiger charge is 2.39. The molecule has 0 saturated carbocycles.